The molecule has 1 fully saturated rings. The Morgan fingerprint density at radius 3 is 2.39 bits per heavy atom. The van der Waals surface area contributed by atoms with Crippen LogP contribution in [-0.2, 0) is 12.0 Å². The van der Waals surface area contributed by atoms with Crippen LogP contribution in [0.25, 0.3) is 0 Å². The molecule has 1 aromatic carbocycles. The quantitative estimate of drug-likeness (QED) is 0.373. The number of aliphatic imine (C=N–C) groups is 1. The molecule has 2 N–H and O–H groups in total. The van der Waals surface area contributed by atoms with Crippen LogP contribution in [0.2, 0.25) is 0 Å². The van der Waals surface area contributed by atoms with Gasteiger partial charge in [0.05, 0.1) is 6.54 Å². The molecule has 0 radical (unpaired) electrons. The van der Waals surface area contributed by atoms with Crippen molar-refractivity contribution in [2.75, 3.05) is 7.05 Å². The van der Waals surface area contributed by atoms with Gasteiger partial charge in [-0.15, -0.1) is 24.0 Å². The smallest absolute Gasteiger partial charge is 0.232 e. The highest BCUT2D eigenvalue weighted by molar-refractivity contribution is 14.0. The average Bonchev–Trinajstić information content (AvgIpc) is 3.16. The molecule has 0 atom stereocenters. The first-order valence-electron chi connectivity index (χ1n) is 9.81. The number of aromatic nitrogens is 2. The van der Waals surface area contributed by atoms with Gasteiger partial charge in [0, 0.05) is 18.5 Å². The van der Waals surface area contributed by atoms with Crippen LogP contribution in [0.5, 0.6) is 0 Å². The minimum absolute atomic E-state index is 0. The predicted molar refractivity (Wildman–Crippen MR) is 123 cm³/mol. The molecule has 1 aliphatic rings. The van der Waals surface area contributed by atoms with E-state index in [4.69, 9.17) is 4.52 Å². The largest absolute Gasteiger partial charge is 0.354 e. The third-order valence-corrected chi connectivity index (χ3v) is 5.09. The molecule has 1 aromatic heterocycles. The molecule has 1 aliphatic carbocycles. The highest BCUT2D eigenvalue weighted by Gasteiger charge is 2.24. The van der Waals surface area contributed by atoms with Gasteiger partial charge in [0.2, 0.25) is 5.89 Å². The molecule has 0 saturated heterocycles. The van der Waals surface area contributed by atoms with Crippen molar-refractivity contribution in [1.29, 1.82) is 0 Å². The maximum Gasteiger partial charge on any atom is 0.232 e. The van der Waals surface area contributed by atoms with Gasteiger partial charge in [-0.05, 0) is 37.2 Å². The summed E-state index contributed by atoms with van der Waals surface area (Å²) in [6.45, 7) is 6.68. The molecule has 154 valence electrons. The number of hydrogen-bond acceptors (Lipinski definition) is 4. The lowest BCUT2D eigenvalue weighted by Gasteiger charge is -2.30. The maximum atomic E-state index is 5.34. The van der Waals surface area contributed by atoms with Crippen molar-refractivity contribution in [3.8, 4) is 0 Å². The summed E-state index contributed by atoms with van der Waals surface area (Å²) in [5.41, 5.74) is 1.33. The predicted octanol–water partition coefficient (Wildman–Crippen LogP) is 4.38. The van der Waals surface area contributed by atoms with E-state index >= 15 is 0 Å². The number of hydrogen-bond donors (Lipinski definition) is 2. The maximum absolute atomic E-state index is 5.34. The van der Waals surface area contributed by atoms with E-state index in [-0.39, 0.29) is 29.4 Å². The summed E-state index contributed by atoms with van der Waals surface area (Å²) in [5, 5.41) is 10.9. The second-order valence-corrected chi connectivity index (χ2v) is 8.30. The Balaban J connectivity index is 0.00000280. The summed E-state index contributed by atoms with van der Waals surface area (Å²) in [7, 11) is 1.79. The van der Waals surface area contributed by atoms with E-state index in [1.54, 1.807) is 7.05 Å². The van der Waals surface area contributed by atoms with Gasteiger partial charge in [-0.3, -0.25) is 4.99 Å². The van der Waals surface area contributed by atoms with E-state index in [1.165, 1.54) is 18.4 Å². The summed E-state index contributed by atoms with van der Waals surface area (Å²) in [6, 6.07) is 11.3. The Morgan fingerprint density at radius 2 is 1.82 bits per heavy atom. The number of halogens is 1. The molecule has 7 heteroatoms. The first-order valence-corrected chi connectivity index (χ1v) is 9.81. The number of guanidine groups is 1. The van der Waals surface area contributed by atoms with Crippen LogP contribution in [0.15, 0.2) is 39.8 Å². The molecule has 0 amide bonds. The standard InChI is InChI=1S/C21H31N5O.HI/c1-21(2,3)19-25-18(26-27-19)14-23-20(22-4)24-17-12-10-16(11-13-17)15-8-6-5-7-9-15;/h5-9,16-17H,10-14H2,1-4H3,(H2,22,23,24);1H. The van der Waals surface area contributed by atoms with Crippen LogP contribution < -0.4 is 10.6 Å². The van der Waals surface area contributed by atoms with Crippen LogP contribution in [0.4, 0.5) is 0 Å². The van der Waals surface area contributed by atoms with Crippen LogP contribution in [-0.4, -0.2) is 29.2 Å². The second kappa shape index (κ2) is 10.2. The van der Waals surface area contributed by atoms with Crippen molar-refractivity contribution in [1.82, 2.24) is 20.8 Å². The van der Waals surface area contributed by atoms with Crippen molar-refractivity contribution in [2.45, 2.75) is 70.4 Å². The van der Waals surface area contributed by atoms with Gasteiger partial charge < -0.3 is 15.2 Å². The molecule has 28 heavy (non-hydrogen) atoms. The fourth-order valence-electron chi connectivity index (χ4n) is 3.48. The third-order valence-electron chi connectivity index (χ3n) is 5.09. The molecule has 2 aromatic rings. The minimum Gasteiger partial charge on any atom is -0.354 e. The molecule has 0 unspecified atom stereocenters. The lowest BCUT2D eigenvalue weighted by Crippen LogP contribution is -2.44. The zero-order valence-corrected chi connectivity index (χ0v) is 19.6. The van der Waals surface area contributed by atoms with E-state index in [2.05, 4.69) is 76.9 Å². The van der Waals surface area contributed by atoms with Gasteiger partial charge in [-0.25, -0.2) is 0 Å². The molecule has 1 saturated carbocycles. The molecular formula is C21H32IN5O. The monoisotopic (exact) mass is 497 g/mol. The highest BCUT2D eigenvalue weighted by Crippen LogP contribution is 2.32. The number of benzene rings is 1. The van der Waals surface area contributed by atoms with Gasteiger partial charge in [0.25, 0.3) is 0 Å². The average molecular weight is 497 g/mol. The fraction of sp³-hybridized carbons (Fsp3) is 0.571. The summed E-state index contributed by atoms with van der Waals surface area (Å²) in [5.74, 6) is 2.77. The van der Waals surface area contributed by atoms with E-state index in [0.717, 1.165) is 18.8 Å². The SMILES string of the molecule is CN=C(NCc1noc(C(C)(C)C)n1)NC1CCC(c2ccccc2)CC1.I. The van der Waals surface area contributed by atoms with Crippen molar-refractivity contribution in [3.63, 3.8) is 0 Å². The van der Waals surface area contributed by atoms with Gasteiger partial charge in [0.15, 0.2) is 11.8 Å². The molecule has 6 nitrogen and oxygen atoms in total. The molecular weight excluding hydrogens is 465 g/mol. The Bertz CT molecular complexity index is 746. The van der Waals surface area contributed by atoms with Gasteiger partial charge in [-0.1, -0.05) is 56.3 Å². The molecule has 0 spiro atoms. The van der Waals surface area contributed by atoms with Crippen LogP contribution in [0.1, 0.15) is 69.7 Å². The topological polar surface area (TPSA) is 75.3 Å². The van der Waals surface area contributed by atoms with Crippen LogP contribution in [0, 0.1) is 0 Å². The summed E-state index contributed by atoms with van der Waals surface area (Å²) < 4.78 is 5.34. The van der Waals surface area contributed by atoms with E-state index < -0.39 is 0 Å². The van der Waals surface area contributed by atoms with Crippen molar-refractivity contribution < 1.29 is 4.52 Å². The first kappa shape index (κ1) is 22.6. The van der Waals surface area contributed by atoms with Crippen LogP contribution in [0.3, 0.4) is 0 Å². The van der Waals surface area contributed by atoms with Gasteiger partial charge >= 0.3 is 0 Å². The highest BCUT2D eigenvalue weighted by atomic mass is 127. The molecule has 3 rings (SSSR count). The Labute approximate surface area is 185 Å². The van der Waals surface area contributed by atoms with E-state index in [9.17, 15) is 0 Å². The summed E-state index contributed by atoms with van der Waals surface area (Å²) in [4.78, 5) is 8.79. The van der Waals surface area contributed by atoms with Crippen molar-refractivity contribution >= 4 is 29.9 Å². The summed E-state index contributed by atoms with van der Waals surface area (Å²) >= 11 is 0. The van der Waals surface area contributed by atoms with Gasteiger partial charge in [0.1, 0.15) is 0 Å². The second-order valence-electron chi connectivity index (χ2n) is 8.30. The third kappa shape index (κ3) is 6.18. The first-order chi connectivity index (χ1) is 13.0. The zero-order valence-electron chi connectivity index (χ0n) is 17.2. The molecule has 0 bridgehead atoms. The molecule has 1 heterocycles. The Hall–Kier alpha value is -1.64. The molecule has 0 aliphatic heterocycles. The Morgan fingerprint density at radius 1 is 1.14 bits per heavy atom. The number of nitrogens with zero attached hydrogens (tertiary/aromatic N) is 3. The van der Waals surface area contributed by atoms with Crippen molar-refractivity contribution in [3.05, 3.63) is 47.6 Å². The Kier molecular flexibility index (Phi) is 8.27. The normalized spacial score (nSPS) is 20.4. The van der Waals surface area contributed by atoms with E-state index in [1.807, 2.05) is 0 Å². The zero-order chi connectivity index (χ0) is 19.3. The fourth-order valence-corrected chi connectivity index (χ4v) is 3.48. The lowest BCUT2D eigenvalue weighted by molar-refractivity contribution is 0.318. The number of rotatable bonds is 4. The van der Waals surface area contributed by atoms with E-state index in [0.29, 0.717) is 30.2 Å². The lowest BCUT2D eigenvalue weighted by atomic mass is 9.82. The van der Waals surface area contributed by atoms with Crippen molar-refractivity contribution in [2.24, 2.45) is 4.99 Å². The number of nitrogens with one attached hydrogen (secondary N) is 2. The van der Waals surface area contributed by atoms with Crippen LogP contribution >= 0.6 is 24.0 Å². The minimum atomic E-state index is -0.136. The van der Waals surface area contributed by atoms with Gasteiger partial charge in [-0.2, -0.15) is 4.98 Å². The summed E-state index contributed by atoms with van der Waals surface area (Å²) in [6.07, 6.45) is 4.71.